The zero-order chi connectivity index (χ0) is 26.1. The molecule has 1 amide bonds. The normalized spacial score (nSPS) is 11.8. The molecule has 1 unspecified atom stereocenters. The summed E-state index contributed by atoms with van der Waals surface area (Å²) in [5, 5.41) is 15.6. The number of aromatic nitrogens is 5. The molecular weight excluding hydrogens is 480 g/mol. The lowest BCUT2D eigenvalue weighted by atomic mass is 9.93. The van der Waals surface area contributed by atoms with E-state index in [9.17, 15) is 10.1 Å². The van der Waals surface area contributed by atoms with E-state index >= 15 is 0 Å². The molecule has 0 aliphatic heterocycles. The number of halogens is 1. The van der Waals surface area contributed by atoms with E-state index < -0.39 is 6.04 Å². The smallest absolute Gasteiger partial charge is 0.271 e. The molecule has 0 fully saturated rings. The van der Waals surface area contributed by atoms with Gasteiger partial charge in [-0.15, -0.1) is 0 Å². The highest BCUT2D eigenvalue weighted by molar-refractivity contribution is 6.32. The summed E-state index contributed by atoms with van der Waals surface area (Å²) in [5.74, 6) is 0.540. The van der Waals surface area contributed by atoms with Crippen LogP contribution in [0.15, 0.2) is 30.7 Å². The summed E-state index contributed by atoms with van der Waals surface area (Å²) in [6.07, 6.45) is 2.92. The fraction of sp³-hybridized carbons (Fsp3) is 0.280. The number of amides is 1. The topological polar surface area (TPSA) is 136 Å². The van der Waals surface area contributed by atoms with E-state index in [4.69, 9.17) is 22.1 Å². The molecule has 0 aliphatic carbocycles. The molecule has 0 bridgehead atoms. The summed E-state index contributed by atoms with van der Waals surface area (Å²) in [4.78, 5) is 26.7. The maximum absolute atomic E-state index is 12.6. The number of nitriles is 1. The van der Waals surface area contributed by atoms with Gasteiger partial charge in [-0.05, 0) is 44.5 Å². The highest BCUT2D eigenvalue weighted by Gasteiger charge is 2.27. The number of benzene rings is 1. The summed E-state index contributed by atoms with van der Waals surface area (Å²) in [6.45, 7) is 5.96. The van der Waals surface area contributed by atoms with Crippen LogP contribution in [0.5, 0.6) is 5.75 Å². The molecule has 0 spiro atoms. The summed E-state index contributed by atoms with van der Waals surface area (Å²) in [7, 11) is 3.30. The minimum atomic E-state index is -0.397. The van der Waals surface area contributed by atoms with Gasteiger partial charge in [-0.1, -0.05) is 11.6 Å². The van der Waals surface area contributed by atoms with Crippen LogP contribution in [-0.2, 0) is 0 Å². The van der Waals surface area contributed by atoms with Crippen LogP contribution in [0, 0.1) is 18.3 Å². The average molecular weight is 505 g/mol. The number of nitrogen functional groups attached to an aromatic ring is 1. The summed E-state index contributed by atoms with van der Waals surface area (Å²) in [6, 6.07) is 6.85. The number of rotatable bonds is 6. The molecule has 3 aromatic heterocycles. The van der Waals surface area contributed by atoms with Gasteiger partial charge in [-0.3, -0.25) is 9.78 Å². The first kappa shape index (κ1) is 24.9. The number of nitrogens with zero attached hydrogens (tertiary/aromatic N) is 7. The predicted octanol–water partition coefficient (Wildman–Crippen LogP) is 4.01. The second-order valence-electron chi connectivity index (χ2n) is 8.36. The molecule has 0 radical (unpaired) electrons. The number of carbonyl (C=O) groups is 1. The van der Waals surface area contributed by atoms with Gasteiger partial charge in [0.15, 0.2) is 5.65 Å². The number of carbonyl (C=O) groups excluding carboxylic acids is 1. The van der Waals surface area contributed by atoms with Crippen molar-refractivity contribution in [2.24, 2.45) is 0 Å². The lowest BCUT2D eigenvalue weighted by molar-refractivity contribution is 0.0822. The molecule has 10 nitrogen and oxygen atoms in total. The van der Waals surface area contributed by atoms with Gasteiger partial charge in [0.2, 0.25) is 0 Å². The molecule has 1 atom stereocenters. The third kappa shape index (κ3) is 4.18. The zero-order valence-corrected chi connectivity index (χ0v) is 21.3. The molecular formula is C25H25ClN8O2. The van der Waals surface area contributed by atoms with Crippen LogP contribution in [0.2, 0.25) is 5.02 Å². The SMILES string of the molecule is CCOc1c(C(C)n2nc(C)c3c(N)ncnc32)cc(Cl)c(C#N)c1-c1ccnc(C(=O)N(C)C)c1. The van der Waals surface area contributed by atoms with E-state index in [0.29, 0.717) is 51.6 Å². The monoisotopic (exact) mass is 504 g/mol. The fourth-order valence-corrected chi connectivity index (χ4v) is 4.40. The first-order valence-electron chi connectivity index (χ1n) is 11.2. The Morgan fingerprint density at radius 2 is 2.06 bits per heavy atom. The van der Waals surface area contributed by atoms with Crippen LogP contribution >= 0.6 is 11.6 Å². The number of anilines is 1. The van der Waals surface area contributed by atoms with Crippen LogP contribution < -0.4 is 10.5 Å². The molecule has 0 aliphatic rings. The number of aryl methyl sites for hydroxylation is 1. The number of hydrogen-bond donors (Lipinski definition) is 1. The van der Waals surface area contributed by atoms with Crippen molar-refractivity contribution in [2.45, 2.75) is 26.8 Å². The fourth-order valence-electron chi connectivity index (χ4n) is 4.15. The van der Waals surface area contributed by atoms with Crippen molar-refractivity contribution in [2.75, 3.05) is 26.4 Å². The summed E-state index contributed by atoms with van der Waals surface area (Å²) < 4.78 is 7.87. The van der Waals surface area contributed by atoms with Gasteiger partial charge >= 0.3 is 0 Å². The maximum Gasteiger partial charge on any atom is 0.271 e. The second-order valence-corrected chi connectivity index (χ2v) is 8.77. The number of ether oxygens (including phenoxy) is 1. The van der Waals surface area contributed by atoms with Crippen molar-refractivity contribution in [3.63, 3.8) is 0 Å². The number of hydrogen-bond acceptors (Lipinski definition) is 8. The molecule has 0 saturated heterocycles. The predicted molar refractivity (Wildman–Crippen MR) is 137 cm³/mol. The van der Waals surface area contributed by atoms with E-state index in [2.05, 4.69) is 26.1 Å². The van der Waals surface area contributed by atoms with Gasteiger partial charge in [-0.2, -0.15) is 10.4 Å². The number of fused-ring (bicyclic) bond motifs is 1. The highest BCUT2D eigenvalue weighted by atomic mass is 35.5. The molecule has 1 aromatic carbocycles. The summed E-state index contributed by atoms with van der Waals surface area (Å²) >= 11 is 6.65. The van der Waals surface area contributed by atoms with E-state index in [1.807, 2.05) is 20.8 Å². The van der Waals surface area contributed by atoms with Gasteiger partial charge in [0, 0.05) is 31.4 Å². The van der Waals surface area contributed by atoms with E-state index in [0.717, 1.165) is 0 Å². The minimum Gasteiger partial charge on any atom is -0.493 e. The Kier molecular flexibility index (Phi) is 6.77. The molecule has 184 valence electrons. The lowest BCUT2D eigenvalue weighted by Crippen LogP contribution is -2.22. The van der Waals surface area contributed by atoms with Gasteiger partial charge < -0.3 is 15.4 Å². The Balaban J connectivity index is 1.99. The summed E-state index contributed by atoms with van der Waals surface area (Å²) in [5.41, 5.74) is 9.56. The first-order valence-corrected chi connectivity index (χ1v) is 11.6. The lowest BCUT2D eigenvalue weighted by Gasteiger charge is -2.22. The quantitative estimate of drug-likeness (QED) is 0.416. The van der Waals surface area contributed by atoms with E-state index in [1.165, 1.54) is 17.4 Å². The van der Waals surface area contributed by atoms with Crippen LogP contribution in [0.25, 0.3) is 22.2 Å². The standard InChI is InChI=1S/C25H25ClN8O2/c1-6-36-22-16(14(3)34-24-20(13(2)32-34)23(28)30-12-31-24)10-18(26)17(11-27)21(22)15-7-8-29-19(9-15)25(35)33(4)5/h7-10,12,14H,6H2,1-5H3,(H2,28,30,31). The molecule has 36 heavy (non-hydrogen) atoms. The van der Waals surface area contributed by atoms with Crippen LogP contribution in [-0.4, -0.2) is 56.2 Å². The van der Waals surface area contributed by atoms with Gasteiger partial charge in [0.05, 0.1) is 34.3 Å². The second kappa shape index (κ2) is 9.79. The molecule has 4 rings (SSSR count). The van der Waals surface area contributed by atoms with Crippen molar-refractivity contribution >= 4 is 34.4 Å². The molecule has 11 heteroatoms. The Bertz CT molecular complexity index is 1520. The molecule has 3 heterocycles. The number of nitrogens with two attached hydrogens (primary N) is 1. The van der Waals surface area contributed by atoms with Gasteiger partial charge in [0.25, 0.3) is 5.91 Å². The largest absolute Gasteiger partial charge is 0.493 e. The van der Waals surface area contributed by atoms with Crippen molar-refractivity contribution < 1.29 is 9.53 Å². The van der Waals surface area contributed by atoms with Crippen LogP contribution in [0.4, 0.5) is 5.82 Å². The van der Waals surface area contributed by atoms with Crippen LogP contribution in [0.3, 0.4) is 0 Å². The third-order valence-electron chi connectivity index (χ3n) is 5.84. The average Bonchev–Trinajstić information content (AvgIpc) is 3.21. The van der Waals surface area contributed by atoms with Crippen molar-refractivity contribution in [1.82, 2.24) is 29.6 Å². The molecule has 2 N–H and O–H groups in total. The van der Waals surface area contributed by atoms with Crippen molar-refractivity contribution in [3.8, 4) is 22.9 Å². The maximum atomic E-state index is 12.6. The van der Waals surface area contributed by atoms with Crippen molar-refractivity contribution in [3.05, 3.63) is 58.3 Å². The Labute approximate surface area is 213 Å². The number of pyridine rings is 1. The van der Waals surface area contributed by atoms with Gasteiger partial charge in [-0.25, -0.2) is 14.6 Å². The zero-order valence-electron chi connectivity index (χ0n) is 20.6. The third-order valence-corrected chi connectivity index (χ3v) is 6.14. The Morgan fingerprint density at radius 3 is 2.72 bits per heavy atom. The highest BCUT2D eigenvalue weighted by Crippen LogP contribution is 2.44. The van der Waals surface area contributed by atoms with E-state index in [-0.39, 0.29) is 22.2 Å². The molecule has 0 saturated carbocycles. The van der Waals surface area contributed by atoms with Crippen LogP contribution in [0.1, 0.15) is 47.2 Å². The Hall–Kier alpha value is -4.23. The van der Waals surface area contributed by atoms with Gasteiger partial charge in [0.1, 0.15) is 29.7 Å². The van der Waals surface area contributed by atoms with Crippen molar-refractivity contribution in [1.29, 1.82) is 5.26 Å². The molecule has 4 aromatic rings. The Morgan fingerprint density at radius 1 is 1.31 bits per heavy atom. The minimum absolute atomic E-state index is 0.235. The first-order chi connectivity index (χ1) is 17.2. The van der Waals surface area contributed by atoms with E-state index in [1.54, 1.807) is 37.0 Å².